The van der Waals surface area contributed by atoms with Crippen LogP contribution < -0.4 is 10.1 Å². The van der Waals surface area contributed by atoms with Gasteiger partial charge in [-0.2, -0.15) is 9.47 Å². The Kier molecular flexibility index (Phi) is 4.44. The van der Waals surface area contributed by atoms with E-state index in [1.807, 2.05) is 24.9 Å². The van der Waals surface area contributed by atoms with Crippen molar-refractivity contribution < 1.29 is 4.74 Å². The van der Waals surface area contributed by atoms with E-state index in [4.69, 9.17) is 16.3 Å². The zero-order valence-electron chi connectivity index (χ0n) is 11.4. The van der Waals surface area contributed by atoms with Crippen LogP contribution in [0.3, 0.4) is 0 Å². The molecule has 1 unspecified atom stereocenters. The molecular weight excluding hydrogens is 284 g/mol. The van der Waals surface area contributed by atoms with Crippen molar-refractivity contribution >= 4 is 23.1 Å². The van der Waals surface area contributed by atoms with Gasteiger partial charge in [0, 0.05) is 31.4 Å². The number of nitrogens with one attached hydrogen (secondary N) is 1. The summed E-state index contributed by atoms with van der Waals surface area (Å²) in [7, 11) is 3.49. The second-order valence-corrected chi connectivity index (χ2v) is 5.61. The molecule has 1 N–H and O–H groups in total. The number of hydrogen-bond donors (Lipinski definition) is 1. The summed E-state index contributed by atoms with van der Waals surface area (Å²) in [6.07, 6.45) is 2.03. The molecule has 0 fully saturated rings. The molecule has 0 aliphatic rings. The van der Waals surface area contributed by atoms with Crippen LogP contribution in [0.25, 0.3) is 0 Å². The number of nitrogens with zero attached hydrogens (tertiary/aromatic N) is 3. The van der Waals surface area contributed by atoms with Crippen LogP contribution in [0.5, 0.6) is 5.88 Å². The Morgan fingerprint density at radius 2 is 2.32 bits per heavy atom. The lowest BCUT2D eigenvalue weighted by Gasteiger charge is -2.12. The van der Waals surface area contributed by atoms with E-state index in [-0.39, 0.29) is 6.04 Å². The number of ether oxygens (including phenoxy) is 1. The smallest absolute Gasteiger partial charge is 0.244 e. The molecule has 0 aliphatic heterocycles. The van der Waals surface area contributed by atoms with Crippen LogP contribution in [0.2, 0.25) is 5.02 Å². The molecular formula is C12H17ClN4OS. The highest BCUT2D eigenvalue weighted by atomic mass is 35.5. The van der Waals surface area contributed by atoms with Gasteiger partial charge >= 0.3 is 0 Å². The highest BCUT2D eigenvalue weighted by Gasteiger charge is 2.15. The first-order valence-electron chi connectivity index (χ1n) is 5.94. The van der Waals surface area contributed by atoms with Crippen LogP contribution in [0, 0.1) is 6.92 Å². The summed E-state index contributed by atoms with van der Waals surface area (Å²) in [6.45, 7) is 4.78. The minimum Gasteiger partial charge on any atom is -0.479 e. The number of rotatable bonds is 5. The molecule has 2 aromatic heterocycles. The van der Waals surface area contributed by atoms with Gasteiger partial charge in [0.15, 0.2) is 0 Å². The van der Waals surface area contributed by atoms with Gasteiger partial charge in [-0.25, -0.2) is 0 Å². The van der Waals surface area contributed by atoms with Gasteiger partial charge in [-0.3, -0.25) is 4.68 Å². The SMILES string of the molecule is COc1nsc(CNC(C)c2cn(C)nc2C)c1Cl. The van der Waals surface area contributed by atoms with E-state index in [0.717, 1.165) is 10.6 Å². The Bertz CT molecular complexity index is 566. The lowest BCUT2D eigenvalue weighted by Crippen LogP contribution is -2.18. The third-order valence-corrected chi connectivity index (χ3v) is 4.28. The summed E-state index contributed by atoms with van der Waals surface area (Å²) in [4.78, 5) is 0.979. The van der Waals surface area contributed by atoms with Gasteiger partial charge in [0.25, 0.3) is 0 Å². The first kappa shape index (κ1) is 14.3. The van der Waals surface area contributed by atoms with E-state index >= 15 is 0 Å². The molecule has 5 nitrogen and oxygen atoms in total. The first-order chi connectivity index (χ1) is 9.02. The van der Waals surface area contributed by atoms with Crippen molar-refractivity contribution in [1.29, 1.82) is 0 Å². The van der Waals surface area contributed by atoms with Crippen molar-refractivity contribution in [2.24, 2.45) is 7.05 Å². The number of hydrogen-bond acceptors (Lipinski definition) is 5. The molecule has 1 atom stereocenters. The molecule has 19 heavy (non-hydrogen) atoms. The zero-order valence-corrected chi connectivity index (χ0v) is 13.0. The molecule has 0 saturated heterocycles. The van der Waals surface area contributed by atoms with Crippen LogP contribution in [-0.2, 0) is 13.6 Å². The predicted molar refractivity (Wildman–Crippen MR) is 76.9 cm³/mol. The Hall–Kier alpha value is -1.11. The molecule has 7 heteroatoms. The molecule has 0 aliphatic carbocycles. The van der Waals surface area contributed by atoms with Gasteiger partial charge in [0.1, 0.15) is 5.02 Å². The monoisotopic (exact) mass is 300 g/mol. The molecule has 0 aromatic carbocycles. The van der Waals surface area contributed by atoms with E-state index in [1.54, 1.807) is 7.11 Å². The lowest BCUT2D eigenvalue weighted by molar-refractivity contribution is 0.402. The molecule has 2 rings (SSSR count). The quantitative estimate of drug-likeness (QED) is 0.922. The van der Waals surface area contributed by atoms with Crippen molar-refractivity contribution in [3.63, 3.8) is 0 Å². The third-order valence-electron chi connectivity index (χ3n) is 2.95. The van der Waals surface area contributed by atoms with Crippen LogP contribution >= 0.6 is 23.1 Å². The molecule has 2 aromatic rings. The van der Waals surface area contributed by atoms with Crippen LogP contribution in [0.4, 0.5) is 0 Å². The van der Waals surface area contributed by atoms with Crippen LogP contribution in [0.15, 0.2) is 6.20 Å². The lowest BCUT2D eigenvalue weighted by atomic mass is 10.1. The second kappa shape index (κ2) is 5.90. The van der Waals surface area contributed by atoms with E-state index in [2.05, 4.69) is 21.7 Å². The average molecular weight is 301 g/mol. The highest BCUT2D eigenvalue weighted by Crippen LogP contribution is 2.30. The van der Waals surface area contributed by atoms with E-state index in [1.165, 1.54) is 17.1 Å². The predicted octanol–water partition coefficient (Wildman–Crippen LogP) is 2.70. The minimum absolute atomic E-state index is 0.206. The standard InChI is InChI=1S/C12H17ClN4OS/c1-7(9-6-17(3)15-8(9)2)14-5-10-11(13)12(18-4)16-19-10/h6-7,14H,5H2,1-4H3. The molecule has 104 valence electrons. The van der Waals surface area contributed by atoms with E-state index in [9.17, 15) is 0 Å². The molecule has 0 saturated carbocycles. The van der Waals surface area contributed by atoms with Crippen molar-refractivity contribution in [1.82, 2.24) is 19.5 Å². The Balaban J connectivity index is 2.02. The molecule has 0 spiro atoms. The fourth-order valence-corrected chi connectivity index (χ4v) is 2.95. The van der Waals surface area contributed by atoms with E-state index < -0.39 is 0 Å². The molecule has 0 amide bonds. The summed E-state index contributed by atoms with van der Waals surface area (Å²) in [5.41, 5.74) is 2.23. The molecule has 0 bridgehead atoms. The minimum atomic E-state index is 0.206. The number of aryl methyl sites for hydroxylation is 2. The first-order valence-corrected chi connectivity index (χ1v) is 7.09. The van der Waals surface area contributed by atoms with Gasteiger partial charge in [-0.05, 0) is 25.4 Å². The fourth-order valence-electron chi connectivity index (χ4n) is 1.93. The maximum atomic E-state index is 6.16. The molecule has 0 radical (unpaired) electrons. The number of halogens is 1. The van der Waals surface area contributed by atoms with Crippen LogP contribution in [-0.4, -0.2) is 21.3 Å². The topological polar surface area (TPSA) is 52.0 Å². The maximum absolute atomic E-state index is 6.16. The largest absolute Gasteiger partial charge is 0.479 e. The second-order valence-electron chi connectivity index (χ2n) is 4.38. The van der Waals surface area contributed by atoms with Crippen molar-refractivity contribution in [3.05, 3.63) is 27.4 Å². The third kappa shape index (κ3) is 3.08. The highest BCUT2D eigenvalue weighted by molar-refractivity contribution is 7.06. The van der Waals surface area contributed by atoms with Crippen molar-refractivity contribution in [3.8, 4) is 5.88 Å². The Morgan fingerprint density at radius 3 is 2.84 bits per heavy atom. The summed E-state index contributed by atoms with van der Waals surface area (Å²) in [5, 5.41) is 8.36. The van der Waals surface area contributed by atoms with Gasteiger partial charge in [-0.15, -0.1) is 0 Å². The summed E-state index contributed by atoms with van der Waals surface area (Å²) < 4.78 is 11.0. The summed E-state index contributed by atoms with van der Waals surface area (Å²) in [6, 6.07) is 0.206. The van der Waals surface area contributed by atoms with Gasteiger partial charge in [0.05, 0.1) is 17.7 Å². The summed E-state index contributed by atoms with van der Waals surface area (Å²) >= 11 is 7.51. The Morgan fingerprint density at radius 1 is 1.58 bits per heavy atom. The normalized spacial score (nSPS) is 12.7. The summed E-state index contributed by atoms with van der Waals surface area (Å²) in [5.74, 6) is 0.494. The molecule has 2 heterocycles. The average Bonchev–Trinajstić information content (AvgIpc) is 2.89. The van der Waals surface area contributed by atoms with Gasteiger partial charge < -0.3 is 10.1 Å². The maximum Gasteiger partial charge on any atom is 0.244 e. The van der Waals surface area contributed by atoms with Gasteiger partial charge in [-0.1, -0.05) is 11.6 Å². The fraction of sp³-hybridized carbons (Fsp3) is 0.500. The van der Waals surface area contributed by atoms with Gasteiger partial charge in [0.2, 0.25) is 5.88 Å². The van der Waals surface area contributed by atoms with Crippen molar-refractivity contribution in [2.45, 2.75) is 26.4 Å². The Labute approximate surface area is 121 Å². The van der Waals surface area contributed by atoms with E-state index in [0.29, 0.717) is 17.4 Å². The number of aromatic nitrogens is 3. The van der Waals surface area contributed by atoms with Crippen LogP contribution in [0.1, 0.15) is 29.1 Å². The zero-order chi connectivity index (χ0) is 14.0. The number of methoxy groups -OCH3 is 1. The van der Waals surface area contributed by atoms with Crippen molar-refractivity contribution in [2.75, 3.05) is 7.11 Å².